The fourth-order valence-corrected chi connectivity index (χ4v) is 7.25. The number of aliphatic hydroxyl groups is 1. The van der Waals surface area contributed by atoms with Crippen molar-refractivity contribution in [1.29, 1.82) is 0 Å². The van der Waals surface area contributed by atoms with Crippen LogP contribution < -0.4 is 5.32 Å². The van der Waals surface area contributed by atoms with Gasteiger partial charge in [-0.05, 0) is 76.3 Å². The highest BCUT2D eigenvalue weighted by atomic mass is 32.2. The maximum atomic E-state index is 13.0. The molecule has 5 aromatic carbocycles. The number of hydrogen-bond donors (Lipinski definition) is 2. The van der Waals surface area contributed by atoms with E-state index < -0.39 is 6.29 Å². The molecule has 8 nitrogen and oxygen atoms in total. The fraction of sp³-hybridized carbons (Fsp3) is 0.195. The average Bonchev–Trinajstić information content (AvgIpc) is 3.39. The van der Waals surface area contributed by atoms with Gasteiger partial charge in [0.2, 0.25) is 5.91 Å². The van der Waals surface area contributed by atoms with E-state index in [2.05, 4.69) is 11.4 Å². The quantitative estimate of drug-likeness (QED) is 0.114. The summed E-state index contributed by atoms with van der Waals surface area (Å²) in [5.41, 5.74) is 7.11. The van der Waals surface area contributed by atoms with Gasteiger partial charge in [0.15, 0.2) is 6.29 Å². The van der Waals surface area contributed by atoms with Crippen LogP contribution in [0, 0.1) is 0 Å². The van der Waals surface area contributed by atoms with Gasteiger partial charge in [-0.2, -0.15) is 0 Å². The number of amides is 3. The van der Waals surface area contributed by atoms with Crippen LogP contribution in [0.2, 0.25) is 0 Å². The van der Waals surface area contributed by atoms with Gasteiger partial charge < -0.3 is 19.9 Å². The fourth-order valence-electron chi connectivity index (χ4n) is 6.33. The Labute approximate surface area is 295 Å². The first-order valence-corrected chi connectivity index (χ1v) is 17.5. The Bertz CT molecular complexity index is 2000. The number of benzene rings is 5. The van der Waals surface area contributed by atoms with Gasteiger partial charge in [0.1, 0.15) is 0 Å². The van der Waals surface area contributed by atoms with E-state index in [0.717, 1.165) is 44.0 Å². The lowest BCUT2D eigenvalue weighted by molar-refractivity contribution is -0.245. The molecular weight excluding hydrogens is 649 g/mol. The molecule has 3 atom stereocenters. The van der Waals surface area contributed by atoms with E-state index in [1.165, 1.54) is 11.8 Å². The largest absolute Gasteiger partial charge is 0.392 e. The summed E-state index contributed by atoms with van der Waals surface area (Å²) in [4.78, 5) is 39.8. The molecule has 0 aromatic heterocycles. The first kappa shape index (κ1) is 33.4. The topological polar surface area (TPSA) is 105 Å². The lowest BCUT2D eigenvalue weighted by Gasteiger charge is -2.36. The number of hydrogen-bond acceptors (Lipinski definition) is 7. The summed E-state index contributed by atoms with van der Waals surface area (Å²) in [6.45, 7) is 1.65. The zero-order chi connectivity index (χ0) is 34.6. The molecule has 0 radical (unpaired) electrons. The monoisotopic (exact) mass is 684 g/mol. The van der Waals surface area contributed by atoms with Crippen LogP contribution >= 0.6 is 11.8 Å². The maximum absolute atomic E-state index is 13.0. The number of carbonyl (C=O) groups is 3. The van der Waals surface area contributed by atoms with E-state index >= 15 is 0 Å². The highest BCUT2D eigenvalue weighted by molar-refractivity contribution is 7.99. The molecule has 0 unspecified atom stereocenters. The maximum Gasteiger partial charge on any atom is 0.261 e. The van der Waals surface area contributed by atoms with Gasteiger partial charge >= 0.3 is 0 Å². The number of imide groups is 1. The molecule has 5 aromatic rings. The summed E-state index contributed by atoms with van der Waals surface area (Å²) in [7, 11) is 0. The van der Waals surface area contributed by atoms with Crippen LogP contribution in [0.15, 0.2) is 126 Å². The minimum atomic E-state index is -0.625. The molecule has 7 rings (SSSR count). The second-order valence-corrected chi connectivity index (χ2v) is 13.5. The van der Waals surface area contributed by atoms with E-state index in [4.69, 9.17) is 9.47 Å². The Morgan fingerprint density at radius 1 is 0.780 bits per heavy atom. The molecule has 0 bridgehead atoms. The van der Waals surface area contributed by atoms with Crippen LogP contribution in [-0.4, -0.2) is 39.6 Å². The predicted molar refractivity (Wildman–Crippen MR) is 192 cm³/mol. The summed E-state index contributed by atoms with van der Waals surface area (Å²) in [5.74, 6) is 0.0347. The predicted octanol–water partition coefficient (Wildman–Crippen LogP) is 7.94. The van der Waals surface area contributed by atoms with E-state index in [1.54, 1.807) is 36.0 Å². The highest BCUT2D eigenvalue weighted by Gasteiger charge is 2.35. The van der Waals surface area contributed by atoms with E-state index in [1.807, 2.05) is 91.0 Å². The average molecular weight is 685 g/mol. The molecule has 0 spiro atoms. The van der Waals surface area contributed by atoms with E-state index in [9.17, 15) is 19.5 Å². The first-order chi connectivity index (χ1) is 24.3. The van der Waals surface area contributed by atoms with Crippen molar-refractivity contribution >= 4 is 35.2 Å². The molecule has 3 amide bonds. The summed E-state index contributed by atoms with van der Waals surface area (Å²) in [5, 5.41) is 12.4. The van der Waals surface area contributed by atoms with Gasteiger partial charge in [0.05, 0.1) is 36.5 Å². The third-order valence-corrected chi connectivity index (χ3v) is 10.0. The van der Waals surface area contributed by atoms with Crippen LogP contribution in [-0.2, 0) is 27.4 Å². The number of carbonyl (C=O) groups excluding carboxylic acids is 3. The lowest BCUT2D eigenvalue weighted by atomic mass is 9.99. The molecule has 1 fully saturated rings. The number of aliphatic hydroxyl groups excluding tert-OH is 1. The number of fused-ring (bicyclic) bond motifs is 1. The zero-order valence-corrected chi connectivity index (χ0v) is 28.3. The van der Waals surface area contributed by atoms with Crippen LogP contribution in [0.1, 0.15) is 68.7 Å². The van der Waals surface area contributed by atoms with Gasteiger partial charge in [-0.25, -0.2) is 0 Å². The van der Waals surface area contributed by atoms with Crippen LogP contribution in [0.25, 0.3) is 11.1 Å². The first-order valence-electron chi connectivity index (χ1n) is 16.5. The molecular formula is C41H36N2O6S. The van der Waals surface area contributed by atoms with Crippen LogP contribution in [0.3, 0.4) is 0 Å². The van der Waals surface area contributed by atoms with Crippen molar-refractivity contribution in [2.24, 2.45) is 0 Å². The number of nitrogens with one attached hydrogen (secondary N) is 1. The van der Waals surface area contributed by atoms with Crippen molar-refractivity contribution in [2.75, 3.05) is 11.1 Å². The summed E-state index contributed by atoms with van der Waals surface area (Å²) in [6.07, 6.45) is -0.310. The summed E-state index contributed by atoms with van der Waals surface area (Å²) < 4.78 is 13.2. The van der Waals surface area contributed by atoms with Gasteiger partial charge in [-0.1, -0.05) is 72.8 Å². The van der Waals surface area contributed by atoms with Crippen molar-refractivity contribution in [3.8, 4) is 11.1 Å². The Kier molecular flexibility index (Phi) is 9.91. The Morgan fingerprint density at radius 2 is 1.46 bits per heavy atom. The van der Waals surface area contributed by atoms with Crippen LogP contribution in [0.4, 0.5) is 5.69 Å². The van der Waals surface area contributed by atoms with Gasteiger partial charge in [-0.15, -0.1) is 11.8 Å². The molecule has 2 aliphatic rings. The third kappa shape index (κ3) is 7.41. The standard InChI is InChI=1S/C41H36N2O6S/c1-26(45)42-33-16-18-35(19-17-33)50-25-34-22-38(29-14-12-27(24-44)13-15-29)49-41(48-34)32-9-5-8-31(21-32)30-7-4-6-28(20-30)23-43-39(46)36-10-2-3-11-37(36)40(43)47/h2-21,34,38,41,44H,22-25H2,1H3,(H,42,45)/t34-,38+,41+/m0/s1. The normalized spacial score (nSPS) is 18.6. The number of nitrogens with zero attached hydrogens (tertiary/aromatic N) is 1. The van der Waals surface area contributed by atoms with Gasteiger partial charge in [0.25, 0.3) is 11.8 Å². The number of thioether (sulfide) groups is 1. The highest BCUT2D eigenvalue weighted by Crippen LogP contribution is 2.40. The molecule has 0 saturated carbocycles. The SMILES string of the molecule is CC(=O)Nc1ccc(SC[C@@H]2C[C@H](c3ccc(CO)cc3)O[C@H](c3cccc(-c4cccc(CN5C(=O)c6ccccc6C5=O)c4)c3)O2)cc1. The Morgan fingerprint density at radius 3 is 2.14 bits per heavy atom. The lowest BCUT2D eigenvalue weighted by Crippen LogP contribution is -2.31. The second-order valence-electron chi connectivity index (χ2n) is 12.4. The zero-order valence-electron chi connectivity index (χ0n) is 27.5. The molecule has 50 heavy (non-hydrogen) atoms. The molecule has 2 N–H and O–H groups in total. The smallest absolute Gasteiger partial charge is 0.261 e. The van der Waals surface area contributed by atoms with E-state index in [0.29, 0.717) is 23.3 Å². The van der Waals surface area contributed by atoms with Crippen molar-refractivity contribution < 1.29 is 29.0 Å². The molecule has 2 aliphatic heterocycles. The minimum absolute atomic E-state index is 0.0240. The minimum Gasteiger partial charge on any atom is -0.392 e. The van der Waals surface area contributed by atoms with Crippen molar-refractivity contribution in [3.63, 3.8) is 0 Å². The molecule has 1 saturated heterocycles. The number of anilines is 1. The van der Waals surface area contributed by atoms with Crippen molar-refractivity contribution in [1.82, 2.24) is 4.90 Å². The molecule has 0 aliphatic carbocycles. The van der Waals surface area contributed by atoms with Crippen LogP contribution in [0.5, 0.6) is 0 Å². The van der Waals surface area contributed by atoms with E-state index in [-0.39, 0.29) is 43.1 Å². The molecule has 252 valence electrons. The molecule has 9 heteroatoms. The third-order valence-electron chi connectivity index (χ3n) is 8.86. The van der Waals surface area contributed by atoms with Crippen molar-refractivity contribution in [2.45, 2.75) is 49.9 Å². The Balaban J connectivity index is 1.10. The van der Waals surface area contributed by atoms with Crippen molar-refractivity contribution in [3.05, 3.63) is 155 Å². The molecule has 2 heterocycles. The number of ether oxygens (including phenoxy) is 2. The number of rotatable bonds is 10. The Hall–Kier alpha value is -5.06. The summed E-state index contributed by atoms with van der Waals surface area (Å²) in [6, 6.07) is 38.5. The summed E-state index contributed by atoms with van der Waals surface area (Å²) >= 11 is 1.69. The van der Waals surface area contributed by atoms with Gasteiger partial charge in [0, 0.05) is 35.2 Å². The van der Waals surface area contributed by atoms with Gasteiger partial charge in [-0.3, -0.25) is 19.3 Å². The second kappa shape index (κ2) is 14.8.